The topological polar surface area (TPSA) is 43.7 Å². The molecule has 1 aromatic rings. The molecule has 0 heterocycles. The molecule has 0 amide bonds. The molecule has 4 heteroatoms. The van der Waals surface area contributed by atoms with E-state index < -0.39 is 0 Å². The summed E-state index contributed by atoms with van der Waals surface area (Å²) in [6.07, 6.45) is 0. The molecule has 1 rings (SSSR count). The highest BCUT2D eigenvalue weighted by Crippen LogP contribution is 2.32. The Morgan fingerprint density at radius 2 is 1.67 bits per heavy atom. The molecule has 102 valence electrons. The minimum absolute atomic E-state index is 0.0306. The van der Waals surface area contributed by atoms with E-state index in [0.29, 0.717) is 13.1 Å². The van der Waals surface area contributed by atoms with Gasteiger partial charge in [0.05, 0.1) is 13.2 Å². The van der Waals surface area contributed by atoms with E-state index in [0.717, 1.165) is 16.3 Å². The van der Waals surface area contributed by atoms with E-state index >= 15 is 0 Å². The highest BCUT2D eigenvalue weighted by Gasteiger charge is 2.19. The van der Waals surface area contributed by atoms with E-state index in [1.54, 1.807) is 0 Å². The zero-order valence-electron chi connectivity index (χ0n) is 11.3. The average molecular weight is 272 g/mol. The quantitative estimate of drug-likeness (QED) is 0.865. The maximum absolute atomic E-state index is 9.06. The van der Waals surface area contributed by atoms with Crippen LogP contribution in [0.1, 0.15) is 26.3 Å². The average Bonchev–Trinajstić information content (AvgIpc) is 2.28. The van der Waals surface area contributed by atoms with Gasteiger partial charge in [0.2, 0.25) is 0 Å². The lowest BCUT2D eigenvalue weighted by Gasteiger charge is -2.27. The van der Waals surface area contributed by atoms with Crippen molar-refractivity contribution in [2.75, 3.05) is 31.2 Å². The Morgan fingerprint density at radius 3 is 2.11 bits per heavy atom. The van der Waals surface area contributed by atoms with Crippen LogP contribution in [0.4, 0.5) is 5.69 Å². The molecule has 2 N–H and O–H groups in total. The maximum atomic E-state index is 9.06. The molecule has 3 nitrogen and oxygen atoms in total. The predicted molar refractivity (Wildman–Crippen MR) is 76.5 cm³/mol. The fraction of sp³-hybridized carbons (Fsp3) is 0.571. The van der Waals surface area contributed by atoms with Crippen molar-refractivity contribution in [3.05, 3.63) is 28.8 Å². The smallest absolute Gasteiger partial charge is 0.0606 e. The lowest BCUT2D eigenvalue weighted by molar-refractivity contribution is 0.281. The summed E-state index contributed by atoms with van der Waals surface area (Å²) in [5.41, 5.74) is 2.02. The lowest BCUT2D eigenvalue weighted by Crippen LogP contribution is -2.30. The standard InChI is InChI=1S/C14H22ClNO2/c1-14(2,3)12-10-11(4-5-13(12)15)16(6-8-17)7-9-18/h4-5,10,17-18H,6-9H2,1-3H3. The molecular weight excluding hydrogens is 250 g/mol. The van der Waals surface area contributed by atoms with E-state index in [-0.39, 0.29) is 18.6 Å². The van der Waals surface area contributed by atoms with Crippen LogP contribution in [-0.4, -0.2) is 36.5 Å². The maximum Gasteiger partial charge on any atom is 0.0606 e. The number of halogens is 1. The molecule has 0 aliphatic carbocycles. The Morgan fingerprint density at radius 1 is 1.11 bits per heavy atom. The van der Waals surface area contributed by atoms with E-state index in [1.807, 2.05) is 23.1 Å². The third-order valence-corrected chi connectivity index (χ3v) is 3.19. The Hall–Kier alpha value is -0.770. The predicted octanol–water partition coefficient (Wildman–Crippen LogP) is 2.43. The Balaban J connectivity index is 3.09. The van der Waals surface area contributed by atoms with E-state index in [1.165, 1.54) is 0 Å². The third kappa shape index (κ3) is 3.87. The van der Waals surface area contributed by atoms with Gasteiger partial charge in [-0.05, 0) is 29.2 Å². The molecule has 0 saturated carbocycles. The second kappa shape index (κ2) is 6.41. The molecule has 0 unspecified atom stereocenters. The molecule has 0 aromatic heterocycles. The van der Waals surface area contributed by atoms with Crippen LogP contribution in [0.25, 0.3) is 0 Å². The van der Waals surface area contributed by atoms with Crippen LogP contribution in [0.15, 0.2) is 18.2 Å². The highest BCUT2D eigenvalue weighted by molar-refractivity contribution is 6.31. The van der Waals surface area contributed by atoms with Crippen LogP contribution in [0, 0.1) is 0 Å². The van der Waals surface area contributed by atoms with Gasteiger partial charge in [-0.2, -0.15) is 0 Å². The van der Waals surface area contributed by atoms with Crippen LogP contribution in [0.2, 0.25) is 5.02 Å². The van der Waals surface area contributed by atoms with Gasteiger partial charge in [-0.15, -0.1) is 0 Å². The number of aliphatic hydroxyl groups excluding tert-OH is 2. The van der Waals surface area contributed by atoms with Crippen LogP contribution >= 0.6 is 11.6 Å². The number of hydrogen-bond donors (Lipinski definition) is 2. The fourth-order valence-electron chi connectivity index (χ4n) is 1.90. The summed E-state index contributed by atoms with van der Waals surface area (Å²) in [5.74, 6) is 0. The summed E-state index contributed by atoms with van der Waals surface area (Å²) in [6, 6.07) is 5.83. The van der Waals surface area contributed by atoms with Gasteiger partial charge in [0, 0.05) is 23.8 Å². The van der Waals surface area contributed by atoms with Gasteiger partial charge in [0.25, 0.3) is 0 Å². The number of rotatable bonds is 5. The van der Waals surface area contributed by atoms with Gasteiger partial charge in [-0.3, -0.25) is 0 Å². The second-order valence-corrected chi connectivity index (χ2v) is 5.76. The van der Waals surface area contributed by atoms with Crippen molar-refractivity contribution in [3.8, 4) is 0 Å². The minimum Gasteiger partial charge on any atom is -0.395 e. The normalized spacial score (nSPS) is 11.7. The van der Waals surface area contributed by atoms with Gasteiger partial charge in [0.15, 0.2) is 0 Å². The van der Waals surface area contributed by atoms with Crippen molar-refractivity contribution in [2.24, 2.45) is 0 Å². The van der Waals surface area contributed by atoms with Crippen LogP contribution < -0.4 is 4.90 Å². The third-order valence-electron chi connectivity index (χ3n) is 2.86. The van der Waals surface area contributed by atoms with Crippen LogP contribution in [0.5, 0.6) is 0 Å². The number of anilines is 1. The number of benzene rings is 1. The van der Waals surface area contributed by atoms with Crippen LogP contribution in [-0.2, 0) is 5.41 Å². The number of hydrogen-bond acceptors (Lipinski definition) is 3. The summed E-state index contributed by atoms with van der Waals surface area (Å²) in [6.45, 7) is 7.47. The number of nitrogens with zero attached hydrogens (tertiary/aromatic N) is 1. The first-order valence-electron chi connectivity index (χ1n) is 6.17. The summed E-state index contributed by atoms with van der Waals surface area (Å²) in [5, 5.41) is 18.9. The molecule has 0 saturated heterocycles. The minimum atomic E-state index is -0.0306. The van der Waals surface area contributed by atoms with Gasteiger partial charge in [-0.1, -0.05) is 32.4 Å². The zero-order chi connectivity index (χ0) is 13.8. The summed E-state index contributed by atoms with van der Waals surface area (Å²) in [7, 11) is 0. The first-order chi connectivity index (χ1) is 8.40. The van der Waals surface area contributed by atoms with Gasteiger partial charge < -0.3 is 15.1 Å². The first-order valence-corrected chi connectivity index (χ1v) is 6.54. The molecule has 0 radical (unpaired) electrons. The zero-order valence-corrected chi connectivity index (χ0v) is 12.0. The molecule has 0 aliphatic heterocycles. The van der Waals surface area contributed by atoms with Crippen LogP contribution in [0.3, 0.4) is 0 Å². The van der Waals surface area contributed by atoms with Crippen molar-refractivity contribution >= 4 is 17.3 Å². The molecule has 1 aromatic carbocycles. The highest BCUT2D eigenvalue weighted by atomic mass is 35.5. The van der Waals surface area contributed by atoms with Gasteiger partial charge >= 0.3 is 0 Å². The Kier molecular flexibility index (Phi) is 5.45. The SMILES string of the molecule is CC(C)(C)c1cc(N(CCO)CCO)ccc1Cl. The monoisotopic (exact) mass is 271 g/mol. The van der Waals surface area contributed by atoms with Gasteiger partial charge in [0.1, 0.15) is 0 Å². The largest absolute Gasteiger partial charge is 0.395 e. The fourth-order valence-corrected chi connectivity index (χ4v) is 2.30. The van der Waals surface area contributed by atoms with Crippen molar-refractivity contribution < 1.29 is 10.2 Å². The van der Waals surface area contributed by atoms with Gasteiger partial charge in [-0.25, -0.2) is 0 Å². The summed E-state index contributed by atoms with van der Waals surface area (Å²) >= 11 is 6.22. The van der Waals surface area contributed by atoms with Crippen molar-refractivity contribution in [2.45, 2.75) is 26.2 Å². The summed E-state index contributed by atoms with van der Waals surface area (Å²) in [4.78, 5) is 1.95. The molecule has 0 spiro atoms. The number of aliphatic hydroxyl groups is 2. The van der Waals surface area contributed by atoms with Crippen molar-refractivity contribution in [1.29, 1.82) is 0 Å². The van der Waals surface area contributed by atoms with E-state index in [9.17, 15) is 0 Å². The molecule has 0 fully saturated rings. The molecular formula is C14H22ClNO2. The van der Waals surface area contributed by atoms with Crippen molar-refractivity contribution in [1.82, 2.24) is 0 Å². The first kappa shape index (κ1) is 15.3. The lowest BCUT2D eigenvalue weighted by atomic mass is 9.86. The molecule has 0 bridgehead atoms. The van der Waals surface area contributed by atoms with Crippen molar-refractivity contribution in [3.63, 3.8) is 0 Å². The van der Waals surface area contributed by atoms with E-state index in [2.05, 4.69) is 20.8 Å². The molecule has 0 aliphatic rings. The molecule has 18 heavy (non-hydrogen) atoms. The Labute approximate surface area is 114 Å². The Bertz CT molecular complexity index is 382. The summed E-state index contributed by atoms with van der Waals surface area (Å²) < 4.78 is 0. The van der Waals surface area contributed by atoms with E-state index in [4.69, 9.17) is 21.8 Å². The second-order valence-electron chi connectivity index (χ2n) is 5.35. The molecule has 0 atom stereocenters.